The van der Waals surface area contributed by atoms with Crippen molar-refractivity contribution in [2.75, 3.05) is 0 Å². The lowest BCUT2D eigenvalue weighted by atomic mass is 9.90. The molecule has 0 spiro atoms. The Kier molecular flexibility index (Phi) is 4.42. The summed E-state index contributed by atoms with van der Waals surface area (Å²) in [4.78, 5) is 0. The van der Waals surface area contributed by atoms with Crippen molar-refractivity contribution in [1.29, 1.82) is 0 Å². The van der Waals surface area contributed by atoms with Crippen molar-refractivity contribution in [3.8, 4) is 0 Å². The van der Waals surface area contributed by atoms with E-state index in [0.717, 1.165) is 22.3 Å². The minimum atomic E-state index is 0.999. The first kappa shape index (κ1) is 11.8. The van der Waals surface area contributed by atoms with Gasteiger partial charge in [-0.1, -0.05) is 26.7 Å². The first-order valence-electron chi connectivity index (χ1n) is 6.89. The third-order valence-corrected chi connectivity index (χ3v) is 5.91. The van der Waals surface area contributed by atoms with Gasteiger partial charge < -0.3 is 0 Å². The van der Waals surface area contributed by atoms with E-state index in [-0.39, 0.29) is 0 Å². The van der Waals surface area contributed by atoms with Gasteiger partial charge in [-0.05, 0) is 50.4 Å². The normalized spacial score (nSPS) is 42.8. The maximum atomic E-state index is 2.44. The highest BCUT2D eigenvalue weighted by molar-refractivity contribution is 8.00. The summed E-state index contributed by atoms with van der Waals surface area (Å²) in [6.45, 7) is 4.86. The predicted octanol–water partition coefficient (Wildman–Crippen LogP) is 4.88. The minimum absolute atomic E-state index is 0.999. The quantitative estimate of drug-likeness (QED) is 0.647. The molecule has 2 fully saturated rings. The molecule has 0 aliphatic heterocycles. The summed E-state index contributed by atoms with van der Waals surface area (Å²) in [5.74, 6) is 2.01. The van der Waals surface area contributed by atoms with Gasteiger partial charge in [0.05, 0.1) is 0 Å². The highest BCUT2D eigenvalue weighted by Gasteiger charge is 2.25. The van der Waals surface area contributed by atoms with E-state index in [1.165, 1.54) is 51.4 Å². The maximum Gasteiger partial charge on any atom is 0.00523 e. The van der Waals surface area contributed by atoms with Crippen molar-refractivity contribution in [1.82, 2.24) is 0 Å². The monoisotopic (exact) mass is 226 g/mol. The first-order chi connectivity index (χ1) is 7.24. The molecule has 2 saturated carbocycles. The van der Waals surface area contributed by atoms with Crippen LogP contribution in [0.15, 0.2) is 0 Å². The summed E-state index contributed by atoms with van der Waals surface area (Å²) in [6, 6.07) is 0. The van der Waals surface area contributed by atoms with Crippen LogP contribution in [-0.2, 0) is 0 Å². The van der Waals surface area contributed by atoms with Gasteiger partial charge in [-0.15, -0.1) is 0 Å². The van der Waals surface area contributed by atoms with Crippen molar-refractivity contribution < 1.29 is 0 Å². The Morgan fingerprint density at radius 3 is 2.13 bits per heavy atom. The molecule has 0 bridgehead atoms. The third kappa shape index (κ3) is 3.69. The molecular formula is C14H26S. The van der Waals surface area contributed by atoms with Gasteiger partial charge in [0, 0.05) is 10.5 Å². The highest BCUT2D eigenvalue weighted by Crippen LogP contribution is 2.39. The molecule has 0 heterocycles. The van der Waals surface area contributed by atoms with Crippen LogP contribution in [0.3, 0.4) is 0 Å². The summed E-state index contributed by atoms with van der Waals surface area (Å²) >= 11 is 2.35. The van der Waals surface area contributed by atoms with Crippen LogP contribution in [0.25, 0.3) is 0 Å². The Balaban J connectivity index is 1.71. The molecule has 2 aliphatic rings. The molecule has 2 unspecified atom stereocenters. The molecule has 0 radical (unpaired) electrons. The average Bonchev–Trinajstić information content (AvgIpc) is 2.22. The molecule has 0 aromatic heterocycles. The standard InChI is InChI=1S/C14H26S/c1-11-6-8-13(9-7-11)15-14-5-3-4-12(2)10-14/h11-14H,3-10H2,1-2H3. The topological polar surface area (TPSA) is 0 Å². The van der Waals surface area contributed by atoms with Gasteiger partial charge in [0.2, 0.25) is 0 Å². The highest BCUT2D eigenvalue weighted by atomic mass is 32.2. The maximum absolute atomic E-state index is 2.44. The van der Waals surface area contributed by atoms with Gasteiger partial charge in [0.25, 0.3) is 0 Å². The van der Waals surface area contributed by atoms with Crippen LogP contribution in [0, 0.1) is 11.8 Å². The summed E-state index contributed by atoms with van der Waals surface area (Å²) in [7, 11) is 0. The Morgan fingerprint density at radius 1 is 0.733 bits per heavy atom. The molecule has 0 aromatic rings. The molecule has 0 saturated heterocycles. The van der Waals surface area contributed by atoms with Crippen molar-refractivity contribution in [3.05, 3.63) is 0 Å². The second-order valence-electron chi connectivity index (χ2n) is 5.91. The molecule has 2 atom stereocenters. The lowest BCUT2D eigenvalue weighted by Gasteiger charge is -2.32. The minimum Gasteiger partial charge on any atom is -0.155 e. The second kappa shape index (κ2) is 5.61. The van der Waals surface area contributed by atoms with Gasteiger partial charge in [-0.25, -0.2) is 0 Å². The summed E-state index contributed by atoms with van der Waals surface area (Å²) in [5.41, 5.74) is 0. The van der Waals surface area contributed by atoms with E-state index in [4.69, 9.17) is 0 Å². The predicted molar refractivity (Wildman–Crippen MR) is 70.4 cm³/mol. The van der Waals surface area contributed by atoms with E-state index in [0.29, 0.717) is 0 Å². The molecule has 0 aromatic carbocycles. The zero-order chi connectivity index (χ0) is 10.7. The van der Waals surface area contributed by atoms with E-state index in [1.54, 1.807) is 0 Å². The molecule has 0 amide bonds. The van der Waals surface area contributed by atoms with Gasteiger partial charge in [-0.3, -0.25) is 0 Å². The Morgan fingerprint density at radius 2 is 1.47 bits per heavy atom. The molecule has 88 valence electrons. The molecule has 1 heteroatoms. The van der Waals surface area contributed by atoms with Gasteiger partial charge >= 0.3 is 0 Å². The van der Waals surface area contributed by atoms with Crippen LogP contribution in [0.4, 0.5) is 0 Å². The second-order valence-corrected chi connectivity index (χ2v) is 7.52. The zero-order valence-corrected chi connectivity index (χ0v) is 11.2. The van der Waals surface area contributed by atoms with Gasteiger partial charge in [0.15, 0.2) is 0 Å². The van der Waals surface area contributed by atoms with Crippen LogP contribution in [0.2, 0.25) is 0 Å². The van der Waals surface area contributed by atoms with Crippen LogP contribution in [0.1, 0.15) is 65.2 Å². The van der Waals surface area contributed by atoms with Crippen LogP contribution in [0.5, 0.6) is 0 Å². The van der Waals surface area contributed by atoms with Crippen LogP contribution in [-0.4, -0.2) is 10.5 Å². The Bertz CT molecular complexity index is 182. The van der Waals surface area contributed by atoms with Crippen molar-refractivity contribution in [3.63, 3.8) is 0 Å². The summed E-state index contributed by atoms with van der Waals surface area (Å²) in [5, 5.41) is 2.02. The SMILES string of the molecule is CC1CCC(SC2CCCC(C)C2)CC1. The first-order valence-corrected chi connectivity index (χ1v) is 7.83. The molecule has 15 heavy (non-hydrogen) atoms. The largest absolute Gasteiger partial charge is 0.155 e. The zero-order valence-electron chi connectivity index (χ0n) is 10.4. The molecule has 0 N–H and O–H groups in total. The summed E-state index contributed by atoms with van der Waals surface area (Å²) in [6.07, 6.45) is 11.9. The van der Waals surface area contributed by atoms with Crippen LogP contribution >= 0.6 is 11.8 Å². The van der Waals surface area contributed by atoms with Crippen molar-refractivity contribution in [2.45, 2.75) is 75.7 Å². The Hall–Kier alpha value is 0.350. The van der Waals surface area contributed by atoms with Crippen molar-refractivity contribution >= 4 is 11.8 Å². The van der Waals surface area contributed by atoms with Crippen molar-refractivity contribution in [2.24, 2.45) is 11.8 Å². The van der Waals surface area contributed by atoms with E-state index in [9.17, 15) is 0 Å². The Labute approximate surface area is 99.6 Å². The van der Waals surface area contributed by atoms with E-state index >= 15 is 0 Å². The molecule has 0 nitrogen and oxygen atoms in total. The van der Waals surface area contributed by atoms with Gasteiger partial charge in [-0.2, -0.15) is 11.8 Å². The van der Waals surface area contributed by atoms with E-state index < -0.39 is 0 Å². The third-order valence-electron chi connectivity index (χ3n) is 4.24. The van der Waals surface area contributed by atoms with E-state index in [2.05, 4.69) is 25.6 Å². The molecular weight excluding hydrogens is 200 g/mol. The van der Waals surface area contributed by atoms with E-state index in [1.807, 2.05) is 0 Å². The van der Waals surface area contributed by atoms with Gasteiger partial charge in [0.1, 0.15) is 0 Å². The molecule has 2 rings (SSSR count). The number of hydrogen-bond donors (Lipinski definition) is 0. The lowest BCUT2D eigenvalue weighted by molar-refractivity contribution is 0.379. The fourth-order valence-electron chi connectivity index (χ4n) is 3.14. The fraction of sp³-hybridized carbons (Fsp3) is 1.00. The number of thioether (sulfide) groups is 1. The fourth-order valence-corrected chi connectivity index (χ4v) is 4.97. The number of hydrogen-bond acceptors (Lipinski definition) is 1. The summed E-state index contributed by atoms with van der Waals surface area (Å²) < 4.78 is 0. The average molecular weight is 226 g/mol. The smallest absolute Gasteiger partial charge is 0.00523 e. The van der Waals surface area contributed by atoms with Crippen LogP contribution < -0.4 is 0 Å². The molecule has 2 aliphatic carbocycles. The number of rotatable bonds is 2. The lowest BCUT2D eigenvalue weighted by Crippen LogP contribution is -2.21.